The summed E-state index contributed by atoms with van der Waals surface area (Å²) in [5, 5.41) is 2.54. The third kappa shape index (κ3) is 5.38. The molecule has 0 aliphatic carbocycles. The molecule has 35 heavy (non-hydrogen) atoms. The predicted octanol–water partition coefficient (Wildman–Crippen LogP) is 5.05. The Morgan fingerprint density at radius 3 is 2.17 bits per heavy atom. The molecule has 184 valence electrons. The van der Waals surface area contributed by atoms with E-state index in [4.69, 9.17) is 4.43 Å². The number of hydrogen-bond acceptors (Lipinski definition) is 4. The number of hydrogen-bond donors (Lipinski definition) is 0. The highest BCUT2D eigenvalue weighted by Gasteiger charge is 2.53. The summed E-state index contributed by atoms with van der Waals surface area (Å²) in [6, 6.07) is 24.8. The molecule has 1 saturated heterocycles. The smallest absolute Gasteiger partial charge is 0.262 e. The number of thiophene rings is 1. The number of ketones is 1. The summed E-state index contributed by atoms with van der Waals surface area (Å²) in [6.07, 6.45) is 0.995. The van der Waals surface area contributed by atoms with Crippen LogP contribution >= 0.6 is 27.3 Å². The minimum atomic E-state index is -2.77. The van der Waals surface area contributed by atoms with Crippen molar-refractivity contribution in [3.05, 3.63) is 82.6 Å². The van der Waals surface area contributed by atoms with Crippen LogP contribution in [0.2, 0.25) is 5.04 Å². The normalized spacial score (nSPS) is 16.6. The zero-order chi connectivity index (χ0) is 25.1. The molecule has 1 aromatic heterocycles. The van der Waals surface area contributed by atoms with Gasteiger partial charge in [0.15, 0.2) is 5.78 Å². The van der Waals surface area contributed by atoms with E-state index in [-0.39, 0.29) is 16.7 Å². The maximum atomic E-state index is 13.5. The molecule has 1 aliphatic rings. The number of carbonyl (C=O) groups is 2. The topological polar surface area (TPSA) is 46.6 Å². The quantitative estimate of drug-likeness (QED) is 0.206. The van der Waals surface area contributed by atoms with Gasteiger partial charge in [0.1, 0.15) is 6.10 Å². The number of rotatable bonds is 9. The van der Waals surface area contributed by atoms with Crippen molar-refractivity contribution in [3.63, 3.8) is 0 Å². The average molecular weight is 571 g/mol. The second kappa shape index (κ2) is 10.9. The lowest BCUT2D eigenvalue weighted by Crippen LogP contribution is -2.68. The SMILES string of the molecule is CC(C)(C)[Si](OC1CCN(CCc2ccc(C(=O)CBr)s2)C1=O)(c1ccccc1)c1ccccc1. The summed E-state index contributed by atoms with van der Waals surface area (Å²) in [7, 11) is -2.77. The molecule has 1 amide bonds. The standard InChI is InChI=1S/C28H32BrNO3SSi/c1-28(2,3)35(22-10-6-4-7-11-22,23-12-8-5-9-13-23)33-25-17-19-30(27(25)32)18-16-21-14-15-26(34-21)24(31)20-29/h4-15,25H,16-20H2,1-3H3. The number of amides is 1. The number of likely N-dealkylation sites (tertiary alicyclic amines) is 1. The van der Waals surface area contributed by atoms with Crippen LogP contribution in [-0.4, -0.2) is 49.4 Å². The first-order valence-electron chi connectivity index (χ1n) is 12.0. The number of alkyl halides is 1. The molecule has 4 nitrogen and oxygen atoms in total. The van der Waals surface area contributed by atoms with Gasteiger partial charge in [-0.25, -0.2) is 0 Å². The predicted molar refractivity (Wildman–Crippen MR) is 150 cm³/mol. The minimum absolute atomic E-state index is 0.0753. The minimum Gasteiger partial charge on any atom is -0.395 e. The van der Waals surface area contributed by atoms with E-state index in [9.17, 15) is 9.59 Å². The molecular formula is C28H32BrNO3SSi. The molecule has 0 radical (unpaired) electrons. The fourth-order valence-electron chi connectivity index (χ4n) is 4.92. The highest BCUT2D eigenvalue weighted by molar-refractivity contribution is 9.09. The van der Waals surface area contributed by atoms with E-state index >= 15 is 0 Å². The van der Waals surface area contributed by atoms with E-state index in [0.29, 0.717) is 24.8 Å². The number of nitrogens with zero attached hydrogens (tertiary/aromatic N) is 1. The molecular weight excluding hydrogens is 538 g/mol. The lowest BCUT2D eigenvalue weighted by molar-refractivity contribution is -0.133. The second-order valence-electron chi connectivity index (χ2n) is 9.96. The van der Waals surface area contributed by atoms with Crippen molar-refractivity contribution >= 4 is 57.6 Å². The molecule has 7 heteroatoms. The highest BCUT2D eigenvalue weighted by atomic mass is 79.9. The third-order valence-corrected chi connectivity index (χ3v) is 13.4. The van der Waals surface area contributed by atoms with Crippen molar-refractivity contribution in [3.8, 4) is 0 Å². The van der Waals surface area contributed by atoms with E-state index < -0.39 is 14.4 Å². The first-order chi connectivity index (χ1) is 16.8. The Bertz CT molecular complexity index is 1120. The number of halogens is 1. The van der Waals surface area contributed by atoms with Gasteiger partial charge in [-0.15, -0.1) is 11.3 Å². The van der Waals surface area contributed by atoms with Crippen molar-refractivity contribution in [1.29, 1.82) is 0 Å². The molecule has 2 heterocycles. The van der Waals surface area contributed by atoms with Crippen LogP contribution in [0.25, 0.3) is 0 Å². The Morgan fingerprint density at radius 1 is 1.03 bits per heavy atom. The molecule has 0 spiro atoms. The molecule has 1 aliphatic heterocycles. The molecule has 1 atom stereocenters. The Morgan fingerprint density at radius 2 is 1.63 bits per heavy atom. The Kier molecular flexibility index (Phi) is 8.11. The highest BCUT2D eigenvalue weighted by Crippen LogP contribution is 2.38. The molecule has 0 bridgehead atoms. The molecule has 4 rings (SSSR count). The van der Waals surface area contributed by atoms with Crippen LogP contribution in [0.4, 0.5) is 0 Å². The van der Waals surface area contributed by atoms with E-state index in [0.717, 1.165) is 16.2 Å². The van der Waals surface area contributed by atoms with Crippen molar-refractivity contribution < 1.29 is 14.0 Å². The first-order valence-corrected chi connectivity index (χ1v) is 15.9. The van der Waals surface area contributed by atoms with Crippen molar-refractivity contribution in [2.75, 3.05) is 18.4 Å². The lowest BCUT2D eigenvalue weighted by Gasteiger charge is -2.44. The lowest BCUT2D eigenvalue weighted by atomic mass is 10.2. The van der Waals surface area contributed by atoms with Gasteiger partial charge in [0, 0.05) is 18.0 Å². The Hall–Kier alpha value is -2.06. The summed E-state index contributed by atoms with van der Waals surface area (Å²) in [5.41, 5.74) is 0. The fraction of sp³-hybridized carbons (Fsp3) is 0.357. The second-order valence-corrected chi connectivity index (χ2v) is 15.9. The number of benzene rings is 2. The largest absolute Gasteiger partial charge is 0.395 e. The molecule has 3 aromatic rings. The third-order valence-electron chi connectivity index (χ3n) is 6.67. The van der Waals surface area contributed by atoms with E-state index in [1.807, 2.05) is 29.2 Å². The molecule has 1 unspecified atom stereocenters. The van der Waals surface area contributed by atoms with Crippen LogP contribution in [0, 0.1) is 0 Å². The summed E-state index contributed by atoms with van der Waals surface area (Å²) in [6.45, 7) is 8.04. The average Bonchev–Trinajstić information content (AvgIpc) is 3.47. The van der Waals surface area contributed by atoms with Crippen molar-refractivity contribution in [2.45, 2.75) is 44.8 Å². The van der Waals surface area contributed by atoms with Gasteiger partial charge in [-0.2, -0.15) is 0 Å². The monoisotopic (exact) mass is 569 g/mol. The maximum absolute atomic E-state index is 13.5. The van der Waals surface area contributed by atoms with Gasteiger partial charge in [0.05, 0.1) is 10.2 Å². The van der Waals surface area contributed by atoms with E-state index in [2.05, 4.69) is 85.2 Å². The van der Waals surface area contributed by atoms with Gasteiger partial charge < -0.3 is 9.33 Å². The van der Waals surface area contributed by atoms with Crippen molar-refractivity contribution in [2.24, 2.45) is 0 Å². The van der Waals surface area contributed by atoms with Crippen molar-refractivity contribution in [1.82, 2.24) is 4.90 Å². The van der Waals surface area contributed by atoms with Crippen LogP contribution < -0.4 is 10.4 Å². The van der Waals surface area contributed by atoms with Gasteiger partial charge in [0.2, 0.25) is 0 Å². The summed E-state index contributed by atoms with van der Waals surface area (Å²) < 4.78 is 7.08. The van der Waals surface area contributed by atoms with Gasteiger partial charge in [-0.05, 0) is 40.4 Å². The molecule has 0 N–H and O–H groups in total. The van der Waals surface area contributed by atoms with Gasteiger partial charge in [-0.1, -0.05) is 97.4 Å². The summed E-state index contributed by atoms with van der Waals surface area (Å²) in [4.78, 5) is 29.2. The first kappa shape index (κ1) is 26.0. The van der Waals surface area contributed by atoms with Crippen LogP contribution in [0.3, 0.4) is 0 Å². The Labute approximate surface area is 221 Å². The van der Waals surface area contributed by atoms with Gasteiger partial charge in [0.25, 0.3) is 14.2 Å². The molecule has 2 aromatic carbocycles. The number of carbonyl (C=O) groups excluding carboxylic acids is 2. The van der Waals surface area contributed by atoms with Crippen LogP contribution in [0.5, 0.6) is 0 Å². The van der Waals surface area contributed by atoms with Gasteiger partial charge in [-0.3, -0.25) is 9.59 Å². The molecule has 1 fully saturated rings. The zero-order valence-corrected chi connectivity index (χ0v) is 23.9. The zero-order valence-electron chi connectivity index (χ0n) is 20.5. The summed E-state index contributed by atoms with van der Waals surface area (Å²) in [5.74, 6) is 0.170. The summed E-state index contributed by atoms with van der Waals surface area (Å²) >= 11 is 4.75. The maximum Gasteiger partial charge on any atom is 0.262 e. The Balaban J connectivity index is 1.56. The van der Waals surface area contributed by atoms with Crippen LogP contribution in [0.1, 0.15) is 41.7 Å². The van der Waals surface area contributed by atoms with E-state index in [1.54, 1.807) is 0 Å². The number of Topliss-reactive ketones (excluding diaryl/α,β-unsaturated/α-hetero) is 1. The molecule has 0 saturated carbocycles. The fourth-order valence-corrected chi connectivity index (χ4v) is 11.0. The van der Waals surface area contributed by atoms with E-state index in [1.165, 1.54) is 21.7 Å². The van der Waals surface area contributed by atoms with Crippen LogP contribution in [0.15, 0.2) is 72.8 Å². The van der Waals surface area contributed by atoms with Gasteiger partial charge >= 0.3 is 0 Å². The van der Waals surface area contributed by atoms with Crippen LogP contribution in [-0.2, 0) is 15.6 Å².